The molecule has 2 N–H and O–H groups in total. The van der Waals surface area contributed by atoms with Gasteiger partial charge in [-0.25, -0.2) is 10.4 Å². The van der Waals surface area contributed by atoms with Crippen LogP contribution in [0.1, 0.15) is 11.1 Å². The number of rotatable bonds is 7. The lowest BCUT2D eigenvalue weighted by molar-refractivity contribution is -0.118. The summed E-state index contributed by atoms with van der Waals surface area (Å²) in [6, 6.07) is 12.7. The Bertz CT molecular complexity index is 933. The van der Waals surface area contributed by atoms with E-state index in [0.29, 0.717) is 22.8 Å². The molecule has 3 aromatic rings. The molecule has 132 valence electrons. The molecule has 26 heavy (non-hydrogen) atoms. The van der Waals surface area contributed by atoms with Gasteiger partial charge in [-0.15, -0.1) is 6.58 Å². The van der Waals surface area contributed by atoms with E-state index in [0.717, 1.165) is 11.1 Å². The summed E-state index contributed by atoms with van der Waals surface area (Å²) in [7, 11) is 0. The Morgan fingerprint density at radius 2 is 2.15 bits per heavy atom. The number of amides is 1. The number of aromatic hydroxyl groups is 1. The molecule has 0 aliphatic carbocycles. The first kappa shape index (κ1) is 17.8. The van der Waals surface area contributed by atoms with Crippen molar-refractivity contribution in [1.82, 2.24) is 10.4 Å². The first-order valence-corrected chi connectivity index (χ1v) is 8.88. The number of hydrogen-bond acceptors (Lipinski definition) is 6. The lowest BCUT2D eigenvalue weighted by Crippen LogP contribution is -2.19. The molecule has 0 spiro atoms. The highest BCUT2D eigenvalue weighted by molar-refractivity contribution is 7.99. The van der Waals surface area contributed by atoms with E-state index in [4.69, 9.17) is 4.42 Å². The van der Waals surface area contributed by atoms with Crippen LogP contribution >= 0.6 is 11.8 Å². The number of para-hydroxylation sites is 3. The van der Waals surface area contributed by atoms with Crippen molar-refractivity contribution >= 4 is 35.0 Å². The number of thioether (sulfide) groups is 1. The average Bonchev–Trinajstić information content (AvgIpc) is 3.06. The number of benzene rings is 2. The van der Waals surface area contributed by atoms with Gasteiger partial charge in [0.05, 0.1) is 12.0 Å². The Labute approximate surface area is 154 Å². The predicted molar refractivity (Wildman–Crippen MR) is 102 cm³/mol. The highest BCUT2D eigenvalue weighted by atomic mass is 32.2. The van der Waals surface area contributed by atoms with Crippen molar-refractivity contribution in [2.75, 3.05) is 5.75 Å². The Hall–Kier alpha value is -3.06. The smallest absolute Gasteiger partial charge is 0.257 e. The van der Waals surface area contributed by atoms with E-state index in [9.17, 15) is 9.90 Å². The molecule has 0 saturated heterocycles. The molecule has 1 amide bonds. The molecular formula is C19H17N3O3S. The molecule has 0 aliphatic heterocycles. The SMILES string of the molecule is C=CCc1cccc(/C=N\NC(=O)CSc2nc3ccccc3o2)c1O. The number of nitrogens with zero attached hydrogens (tertiary/aromatic N) is 2. The van der Waals surface area contributed by atoms with E-state index >= 15 is 0 Å². The topological polar surface area (TPSA) is 87.7 Å². The van der Waals surface area contributed by atoms with E-state index in [1.165, 1.54) is 18.0 Å². The second kappa shape index (κ2) is 8.35. The van der Waals surface area contributed by atoms with Crippen LogP contribution in [-0.4, -0.2) is 28.0 Å². The normalized spacial score (nSPS) is 11.1. The monoisotopic (exact) mass is 367 g/mol. The fourth-order valence-electron chi connectivity index (χ4n) is 2.28. The van der Waals surface area contributed by atoms with Crippen LogP contribution in [0.25, 0.3) is 11.1 Å². The third-order valence-electron chi connectivity index (χ3n) is 3.51. The van der Waals surface area contributed by atoms with Crippen LogP contribution in [0, 0.1) is 0 Å². The molecule has 1 aromatic heterocycles. The number of allylic oxidation sites excluding steroid dienone is 1. The third-order valence-corrected chi connectivity index (χ3v) is 4.34. The number of hydrazone groups is 1. The van der Waals surface area contributed by atoms with Crippen LogP contribution in [0.15, 0.2) is 69.9 Å². The summed E-state index contributed by atoms with van der Waals surface area (Å²) in [6.45, 7) is 3.65. The minimum absolute atomic E-state index is 0.118. The van der Waals surface area contributed by atoms with Crippen molar-refractivity contribution in [2.24, 2.45) is 5.10 Å². The van der Waals surface area contributed by atoms with Gasteiger partial charge in [-0.2, -0.15) is 5.10 Å². The molecule has 2 aromatic carbocycles. The molecule has 1 heterocycles. The van der Waals surface area contributed by atoms with Gasteiger partial charge < -0.3 is 9.52 Å². The average molecular weight is 367 g/mol. The summed E-state index contributed by atoms with van der Waals surface area (Å²) in [5, 5.41) is 14.4. The second-order valence-electron chi connectivity index (χ2n) is 5.38. The number of carbonyl (C=O) groups excluding carboxylic acids is 1. The molecular weight excluding hydrogens is 350 g/mol. The maximum absolute atomic E-state index is 11.9. The van der Waals surface area contributed by atoms with E-state index in [1.807, 2.05) is 36.4 Å². The van der Waals surface area contributed by atoms with Crippen LogP contribution in [0.2, 0.25) is 0 Å². The van der Waals surface area contributed by atoms with Gasteiger partial charge in [-0.3, -0.25) is 4.79 Å². The Balaban J connectivity index is 1.54. The molecule has 0 radical (unpaired) electrons. The summed E-state index contributed by atoms with van der Waals surface area (Å²) >= 11 is 1.19. The van der Waals surface area contributed by atoms with E-state index in [2.05, 4.69) is 22.1 Å². The van der Waals surface area contributed by atoms with Gasteiger partial charge in [0.2, 0.25) is 0 Å². The lowest BCUT2D eigenvalue weighted by Gasteiger charge is -2.04. The van der Waals surface area contributed by atoms with Crippen LogP contribution in [0.3, 0.4) is 0 Å². The molecule has 0 atom stereocenters. The van der Waals surface area contributed by atoms with Crippen molar-refractivity contribution < 1.29 is 14.3 Å². The molecule has 6 nitrogen and oxygen atoms in total. The number of oxazole rings is 1. The molecule has 0 aliphatic rings. The minimum atomic E-state index is -0.296. The number of fused-ring (bicyclic) bond motifs is 1. The zero-order valence-electron chi connectivity index (χ0n) is 13.9. The Morgan fingerprint density at radius 1 is 1.31 bits per heavy atom. The van der Waals surface area contributed by atoms with Crippen molar-refractivity contribution in [1.29, 1.82) is 0 Å². The standard InChI is InChI=1S/C19H17N3O3S/c1-2-6-13-7-5-8-14(18(13)24)11-20-22-17(23)12-26-19-21-15-9-3-4-10-16(15)25-19/h2-5,7-11,24H,1,6,12H2,(H,22,23)/b20-11-. The van der Waals surface area contributed by atoms with Gasteiger partial charge in [0.25, 0.3) is 11.1 Å². The summed E-state index contributed by atoms with van der Waals surface area (Å²) in [5.41, 5.74) is 5.14. The zero-order valence-corrected chi connectivity index (χ0v) is 14.7. The van der Waals surface area contributed by atoms with E-state index in [1.54, 1.807) is 12.1 Å². The number of phenols is 1. The molecule has 0 bridgehead atoms. The largest absolute Gasteiger partial charge is 0.507 e. The number of hydrogen-bond donors (Lipinski definition) is 2. The van der Waals surface area contributed by atoms with Crippen molar-refractivity contribution in [2.45, 2.75) is 11.6 Å². The molecule has 0 saturated carbocycles. The molecule has 0 fully saturated rings. The van der Waals surface area contributed by atoms with Crippen LogP contribution in [0.5, 0.6) is 5.75 Å². The van der Waals surface area contributed by atoms with Gasteiger partial charge in [-0.05, 0) is 30.2 Å². The number of carbonyl (C=O) groups is 1. The second-order valence-corrected chi connectivity index (χ2v) is 6.30. The van der Waals surface area contributed by atoms with Crippen molar-refractivity contribution in [3.63, 3.8) is 0 Å². The predicted octanol–water partition coefficient (Wildman–Crippen LogP) is 3.50. The summed E-state index contributed by atoms with van der Waals surface area (Å²) in [6.07, 6.45) is 3.67. The molecule has 3 rings (SSSR count). The van der Waals surface area contributed by atoms with Gasteiger partial charge in [0.1, 0.15) is 11.3 Å². The zero-order chi connectivity index (χ0) is 18.4. The van der Waals surface area contributed by atoms with Gasteiger partial charge in [-0.1, -0.05) is 42.1 Å². The number of nitrogens with one attached hydrogen (secondary N) is 1. The summed E-state index contributed by atoms with van der Waals surface area (Å²) in [5.74, 6) is -0.0476. The number of aromatic nitrogens is 1. The molecule has 0 unspecified atom stereocenters. The molecule has 7 heteroatoms. The van der Waals surface area contributed by atoms with Gasteiger partial charge in [0, 0.05) is 5.56 Å². The fourth-order valence-corrected chi connectivity index (χ4v) is 2.91. The Morgan fingerprint density at radius 3 is 2.96 bits per heavy atom. The maximum atomic E-state index is 11.9. The van der Waals surface area contributed by atoms with E-state index in [-0.39, 0.29) is 17.4 Å². The first-order chi connectivity index (χ1) is 12.7. The highest BCUT2D eigenvalue weighted by Gasteiger charge is 2.09. The lowest BCUT2D eigenvalue weighted by atomic mass is 10.1. The van der Waals surface area contributed by atoms with Gasteiger partial charge in [0.15, 0.2) is 5.58 Å². The Kier molecular flexibility index (Phi) is 5.70. The minimum Gasteiger partial charge on any atom is -0.507 e. The maximum Gasteiger partial charge on any atom is 0.257 e. The third kappa shape index (κ3) is 4.31. The van der Waals surface area contributed by atoms with Crippen molar-refractivity contribution in [3.05, 3.63) is 66.2 Å². The van der Waals surface area contributed by atoms with Gasteiger partial charge >= 0.3 is 0 Å². The van der Waals surface area contributed by atoms with Crippen LogP contribution < -0.4 is 5.43 Å². The van der Waals surface area contributed by atoms with Crippen LogP contribution in [-0.2, 0) is 11.2 Å². The summed E-state index contributed by atoms with van der Waals surface area (Å²) in [4.78, 5) is 16.2. The first-order valence-electron chi connectivity index (χ1n) is 7.89. The fraction of sp³-hybridized carbons (Fsp3) is 0.105. The quantitative estimate of drug-likeness (QED) is 0.289. The number of phenolic OH excluding ortho intramolecular Hbond substituents is 1. The van der Waals surface area contributed by atoms with Crippen LogP contribution in [0.4, 0.5) is 0 Å². The van der Waals surface area contributed by atoms with Crippen molar-refractivity contribution in [3.8, 4) is 5.75 Å². The van der Waals surface area contributed by atoms with E-state index < -0.39 is 0 Å². The highest BCUT2D eigenvalue weighted by Crippen LogP contribution is 2.23. The summed E-state index contributed by atoms with van der Waals surface area (Å²) < 4.78 is 5.54.